The third-order valence-corrected chi connectivity index (χ3v) is 5.65. The molecule has 0 amide bonds. The summed E-state index contributed by atoms with van der Waals surface area (Å²) in [4.78, 5) is 17.6. The van der Waals surface area contributed by atoms with Crippen molar-refractivity contribution in [3.63, 3.8) is 0 Å². The molecule has 3 rings (SSSR count). The van der Waals surface area contributed by atoms with E-state index >= 15 is 0 Å². The van der Waals surface area contributed by atoms with Crippen LogP contribution in [0.4, 0.5) is 5.13 Å². The summed E-state index contributed by atoms with van der Waals surface area (Å²) in [6, 6.07) is 0. The number of hydrogen-bond acceptors (Lipinski definition) is 4. The summed E-state index contributed by atoms with van der Waals surface area (Å²) in [6.07, 6.45) is 7.61. The van der Waals surface area contributed by atoms with E-state index in [0.29, 0.717) is 6.42 Å². The summed E-state index contributed by atoms with van der Waals surface area (Å²) in [5.41, 5.74) is 0.929. The highest BCUT2D eigenvalue weighted by atomic mass is 32.1. The first-order chi connectivity index (χ1) is 9.72. The van der Waals surface area contributed by atoms with Gasteiger partial charge in [-0.2, -0.15) is 0 Å². The van der Waals surface area contributed by atoms with Gasteiger partial charge in [-0.05, 0) is 24.7 Å². The van der Waals surface area contributed by atoms with Gasteiger partial charge in [0.1, 0.15) is 0 Å². The second kappa shape index (κ2) is 6.12. The van der Waals surface area contributed by atoms with Crippen LogP contribution in [0.25, 0.3) is 0 Å². The van der Waals surface area contributed by atoms with E-state index in [1.54, 1.807) is 11.3 Å². The lowest BCUT2D eigenvalue weighted by Crippen LogP contribution is -2.41. The third kappa shape index (κ3) is 3.14. The SMILES string of the molecule is O=C(O)CCc1csc(N2CCC3CCCCC3C2)n1. The molecule has 1 saturated carbocycles. The Balaban J connectivity index is 1.60. The zero-order valence-corrected chi connectivity index (χ0v) is 12.6. The van der Waals surface area contributed by atoms with Gasteiger partial charge in [-0.15, -0.1) is 11.3 Å². The molecular formula is C15H22N2O2S. The summed E-state index contributed by atoms with van der Waals surface area (Å²) in [5.74, 6) is 1.04. The number of rotatable bonds is 4. The lowest BCUT2D eigenvalue weighted by atomic mass is 9.75. The van der Waals surface area contributed by atoms with Gasteiger partial charge in [0.05, 0.1) is 12.1 Å². The minimum atomic E-state index is -0.748. The van der Waals surface area contributed by atoms with Crippen LogP contribution < -0.4 is 4.90 Å². The largest absolute Gasteiger partial charge is 0.481 e. The number of carboxylic acids is 1. The van der Waals surface area contributed by atoms with Crippen LogP contribution in [0, 0.1) is 11.8 Å². The normalized spacial score (nSPS) is 26.3. The van der Waals surface area contributed by atoms with E-state index in [0.717, 1.165) is 35.8 Å². The van der Waals surface area contributed by atoms with E-state index in [1.807, 2.05) is 5.38 Å². The number of fused-ring (bicyclic) bond motifs is 1. The molecule has 4 nitrogen and oxygen atoms in total. The van der Waals surface area contributed by atoms with E-state index in [9.17, 15) is 4.79 Å². The van der Waals surface area contributed by atoms with Crippen LogP contribution in [0.1, 0.15) is 44.2 Å². The standard InChI is InChI=1S/C15H22N2O2S/c18-14(19)6-5-13-10-20-15(16-13)17-8-7-11-3-1-2-4-12(11)9-17/h10-12H,1-9H2,(H,18,19). The van der Waals surface area contributed by atoms with Gasteiger partial charge >= 0.3 is 5.97 Å². The molecule has 1 aromatic rings. The highest BCUT2D eigenvalue weighted by Crippen LogP contribution is 2.38. The Kier molecular flexibility index (Phi) is 4.24. The van der Waals surface area contributed by atoms with Crippen LogP contribution >= 0.6 is 11.3 Å². The average molecular weight is 294 g/mol. The second-order valence-electron chi connectivity index (χ2n) is 6.05. The predicted molar refractivity (Wildman–Crippen MR) is 80.3 cm³/mol. The maximum atomic E-state index is 10.6. The van der Waals surface area contributed by atoms with Gasteiger partial charge in [-0.3, -0.25) is 4.79 Å². The Morgan fingerprint density at radius 3 is 2.95 bits per heavy atom. The van der Waals surface area contributed by atoms with Crippen molar-refractivity contribution >= 4 is 22.4 Å². The first-order valence-electron chi connectivity index (χ1n) is 7.63. The molecule has 2 aliphatic rings. The zero-order chi connectivity index (χ0) is 13.9. The Labute approximate surface area is 123 Å². The molecule has 2 unspecified atom stereocenters. The van der Waals surface area contributed by atoms with E-state index in [1.165, 1.54) is 32.1 Å². The average Bonchev–Trinajstić information content (AvgIpc) is 2.93. The number of aromatic nitrogens is 1. The van der Waals surface area contributed by atoms with Crippen LogP contribution in [0.15, 0.2) is 5.38 Å². The maximum Gasteiger partial charge on any atom is 0.303 e. The van der Waals surface area contributed by atoms with Crippen molar-refractivity contribution in [3.05, 3.63) is 11.1 Å². The molecule has 110 valence electrons. The number of hydrogen-bond donors (Lipinski definition) is 1. The van der Waals surface area contributed by atoms with Gasteiger partial charge in [-0.1, -0.05) is 19.3 Å². The molecule has 0 radical (unpaired) electrons. The van der Waals surface area contributed by atoms with Crippen molar-refractivity contribution < 1.29 is 9.90 Å². The van der Waals surface area contributed by atoms with Gasteiger partial charge in [0, 0.05) is 24.9 Å². The number of piperidine rings is 1. The van der Waals surface area contributed by atoms with Gasteiger partial charge in [0.15, 0.2) is 5.13 Å². The van der Waals surface area contributed by atoms with Crippen LogP contribution in [0.5, 0.6) is 0 Å². The second-order valence-corrected chi connectivity index (χ2v) is 6.89. The molecule has 1 aliphatic carbocycles. The summed E-state index contributed by atoms with van der Waals surface area (Å²) >= 11 is 1.67. The monoisotopic (exact) mass is 294 g/mol. The number of thiazole rings is 1. The molecule has 20 heavy (non-hydrogen) atoms. The topological polar surface area (TPSA) is 53.4 Å². The fourth-order valence-corrected chi connectivity index (χ4v) is 4.46. The Bertz CT molecular complexity index is 474. The molecule has 1 aliphatic heterocycles. The van der Waals surface area contributed by atoms with Crippen LogP contribution in [0.2, 0.25) is 0 Å². The molecule has 2 atom stereocenters. The molecule has 2 heterocycles. The summed E-state index contributed by atoms with van der Waals surface area (Å²) < 4.78 is 0. The van der Waals surface area contributed by atoms with Crippen LogP contribution in [-0.2, 0) is 11.2 Å². The van der Waals surface area contributed by atoms with E-state index in [4.69, 9.17) is 5.11 Å². The molecule has 0 bridgehead atoms. The zero-order valence-electron chi connectivity index (χ0n) is 11.8. The molecule has 1 N–H and O–H groups in total. The summed E-state index contributed by atoms with van der Waals surface area (Å²) in [7, 11) is 0. The lowest BCUT2D eigenvalue weighted by Gasteiger charge is -2.41. The van der Waals surface area contributed by atoms with E-state index < -0.39 is 5.97 Å². The summed E-state index contributed by atoms with van der Waals surface area (Å²) in [5, 5.41) is 11.8. The molecule has 1 aromatic heterocycles. The number of nitrogens with zero attached hydrogens (tertiary/aromatic N) is 2. The Morgan fingerprint density at radius 2 is 2.15 bits per heavy atom. The van der Waals surface area contributed by atoms with E-state index in [-0.39, 0.29) is 6.42 Å². The van der Waals surface area contributed by atoms with Gasteiger partial charge in [-0.25, -0.2) is 4.98 Å². The lowest BCUT2D eigenvalue weighted by molar-refractivity contribution is -0.136. The fraction of sp³-hybridized carbons (Fsp3) is 0.733. The number of carbonyl (C=O) groups is 1. The quantitative estimate of drug-likeness (QED) is 0.926. The van der Waals surface area contributed by atoms with Crippen molar-refractivity contribution in [2.45, 2.75) is 44.9 Å². The van der Waals surface area contributed by atoms with Crippen molar-refractivity contribution in [1.29, 1.82) is 0 Å². The van der Waals surface area contributed by atoms with Crippen molar-refractivity contribution in [2.75, 3.05) is 18.0 Å². The third-order valence-electron chi connectivity index (χ3n) is 4.70. The van der Waals surface area contributed by atoms with Crippen molar-refractivity contribution in [3.8, 4) is 0 Å². The predicted octanol–water partition coefficient (Wildman–Crippen LogP) is 3.18. The van der Waals surface area contributed by atoms with Crippen molar-refractivity contribution in [1.82, 2.24) is 4.98 Å². The molecule has 1 saturated heterocycles. The molecular weight excluding hydrogens is 272 g/mol. The Morgan fingerprint density at radius 1 is 1.35 bits per heavy atom. The minimum absolute atomic E-state index is 0.174. The molecule has 0 spiro atoms. The number of aryl methyl sites for hydroxylation is 1. The first kappa shape index (κ1) is 13.9. The smallest absolute Gasteiger partial charge is 0.303 e. The highest BCUT2D eigenvalue weighted by Gasteiger charge is 2.31. The van der Waals surface area contributed by atoms with E-state index in [2.05, 4.69) is 9.88 Å². The molecule has 5 heteroatoms. The fourth-order valence-electron chi connectivity index (χ4n) is 3.57. The molecule has 0 aromatic carbocycles. The van der Waals surface area contributed by atoms with Crippen LogP contribution in [0.3, 0.4) is 0 Å². The van der Waals surface area contributed by atoms with Crippen LogP contribution in [-0.4, -0.2) is 29.1 Å². The summed E-state index contributed by atoms with van der Waals surface area (Å²) in [6.45, 7) is 2.27. The maximum absolute atomic E-state index is 10.6. The Hall–Kier alpha value is -1.10. The highest BCUT2D eigenvalue weighted by molar-refractivity contribution is 7.13. The number of carboxylic acid groups (broad SMARTS) is 1. The van der Waals surface area contributed by atoms with Gasteiger partial charge in [0.25, 0.3) is 0 Å². The van der Waals surface area contributed by atoms with Gasteiger partial charge < -0.3 is 10.0 Å². The first-order valence-corrected chi connectivity index (χ1v) is 8.51. The number of anilines is 1. The minimum Gasteiger partial charge on any atom is -0.481 e. The van der Waals surface area contributed by atoms with Gasteiger partial charge in [0.2, 0.25) is 0 Å². The number of aliphatic carboxylic acids is 1. The molecule has 2 fully saturated rings. The van der Waals surface area contributed by atoms with Crippen molar-refractivity contribution in [2.24, 2.45) is 11.8 Å².